The first kappa shape index (κ1) is 19.5. The van der Waals surface area contributed by atoms with Crippen molar-refractivity contribution in [3.05, 3.63) is 34.4 Å². The molecule has 1 aromatic heterocycles. The lowest BCUT2D eigenvalue weighted by Crippen LogP contribution is -2.65. The summed E-state index contributed by atoms with van der Waals surface area (Å²) < 4.78 is 11.6. The average molecular weight is 417 g/mol. The predicted molar refractivity (Wildman–Crippen MR) is 108 cm³/mol. The van der Waals surface area contributed by atoms with E-state index in [9.17, 15) is 20.1 Å². The maximum atomic E-state index is 11.6. The van der Waals surface area contributed by atoms with Gasteiger partial charge in [-0.1, -0.05) is 13.8 Å². The van der Waals surface area contributed by atoms with Gasteiger partial charge in [-0.25, -0.2) is 4.79 Å². The number of fused-ring (bicyclic) bond motifs is 3. The van der Waals surface area contributed by atoms with Gasteiger partial charge in [0.05, 0.1) is 24.1 Å². The fraction of sp³-hybridized carbons (Fsp3) is 0.792. The summed E-state index contributed by atoms with van der Waals surface area (Å²) in [4.78, 5) is 11.5. The Morgan fingerprint density at radius 2 is 1.73 bits per heavy atom. The minimum Gasteiger partial charge on any atom is -0.431 e. The first-order chi connectivity index (χ1) is 14.2. The van der Waals surface area contributed by atoms with E-state index in [1.54, 1.807) is 6.07 Å². The Morgan fingerprint density at radius 1 is 1.00 bits per heavy atom. The monoisotopic (exact) mass is 416 g/mol. The third kappa shape index (κ3) is 2.07. The molecule has 10 atom stereocenters. The zero-order chi connectivity index (χ0) is 21.1. The molecule has 1 aromatic rings. The fourth-order valence-corrected chi connectivity index (χ4v) is 8.81. The van der Waals surface area contributed by atoms with Crippen LogP contribution >= 0.6 is 0 Å². The minimum absolute atomic E-state index is 0.122. The Morgan fingerprint density at radius 3 is 2.47 bits per heavy atom. The summed E-state index contributed by atoms with van der Waals surface area (Å²) in [6.07, 6.45) is 5.74. The molecule has 6 heteroatoms. The van der Waals surface area contributed by atoms with Crippen molar-refractivity contribution >= 4 is 0 Å². The molecule has 2 heterocycles. The van der Waals surface area contributed by atoms with Gasteiger partial charge >= 0.3 is 5.63 Å². The van der Waals surface area contributed by atoms with Crippen LogP contribution in [0.4, 0.5) is 0 Å². The maximum absolute atomic E-state index is 11.6. The third-order valence-electron chi connectivity index (χ3n) is 10.3. The van der Waals surface area contributed by atoms with Gasteiger partial charge in [0.25, 0.3) is 0 Å². The van der Waals surface area contributed by atoms with Crippen molar-refractivity contribution in [2.75, 3.05) is 0 Å². The first-order valence-corrected chi connectivity index (χ1v) is 11.5. The van der Waals surface area contributed by atoms with Crippen LogP contribution in [0.5, 0.6) is 0 Å². The van der Waals surface area contributed by atoms with E-state index in [2.05, 4.69) is 13.8 Å². The molecule has 0 unspecified atom stereocenters. The van der Waals surface area contributed by atoms with Crippen molar-refractivity contribution in [2.24, 2.45) is 22.7 Å². The SMILES string of the molecule is C[C@@]12CC[C@@H](O)C[C@]1(O)CC[C@H]1[C@H]2CC[C@@]2(C)[C@H](c3ccc(=O)oc3)[C@H](O)[C@@H]3O[C@@]132. The molecule has 4 aliphatic carbocycles. The van der Waals surface area contributed by atoms with Gasteiger partial charge in [0, 0.05) is 23.8 Å². The molecule has 6 rings (SSSR count). The summed E-state index contributed by atoms with van der Waals surface area (Å²) in [6.45, 7) is 4.46. The molecule has 3 N–H and O–H groups in total. The molecule has 4 saturated carbocycles. The highest BCUT2D eigenvalue weighted by Crippen LogP contribution is 2.78. The smallest absolute Gasteiger partial charge is 0.335 e. The van der Waals surface area contributed by atoms with E-state index in [0.717, 1.165) is 37.7 Å². The Balaban J connectivity index is 1.40. The molecule has 0 aromatic carbocycles. The highest BCUT2D eigenvalue weighted by atomic mass is 16.6. The standard InChI is InChI=1S/C24H32O6/c1-21-8-5-14(25)11-23(21,28)10-7-16-15(21)6-9-22(2)18(13-3-4-17(26)29-12-13)19(27)20-24(16,22)30-20/h3-4,12,14-16,18-20,25,27-28H,5-11H2,1-2H3/t14-,15-,16+,18-,19+,20+,21+,22+,23-,24+/m1/s1. The number of aliphatic hydroxyl groups is 3. The summed E-state index contributed by atoms with van der Waals surface area (Å²) >= 11 is 0. The van der Waals surface area contributed by atoms with Crippen molar-refractivity contribution in [1.82, 2.24) is 0 Å². The lowest BCUT2D eigenvalue weighted by Gasteiger charge is -2.63. The van der Waals surface area contributed by atoms with Crippen molar-refractivity contribution in [3.63, 3.8) is 0 Å². The number of rotatable bonds is 1. The number of hydrogen-bond acceptors (Lipinski definition) is 6. The van der Waals surface area contributed by atoms with E-state index in [-0.39, 0.29) is 40.0 Å². The number of aliphatic hydroxyl groups excluding tert-OH is 2. The summed E-state index contributed by atoms with van der Waals surface area (Å²) in [6, 6.07) is 3.22. The topological polar surface area (TPSA) is 103 Å². The van der Waals surface area contributed by atoms with Gasteiger partial charge in [-0.2, -0.15) is 0 Å². The largest absolute Gasteiger partial charge is 0.431 e. The molecule has 0 bridgehead atoms. The molecule has 5 fully saturated rings. The molecule has 6 nitrogen and oxygen atoms in total. The van der Waals surface area contributed by atoms with E-state index in [0.29, 0.717) is 18.8 Å². The summed E-state index contributed by atoms with van der Waals surface area (Å²) in [5, 5.41) is 33.1. The minimum atomic E-state index is -0.819. The van der Waals surface area contributed by atoms with Crippen LogP contribution in [0.25, 0.3) is 0 Å². The lowest BCUT2D eigenvalue weighted by atomic mass is 9.42. The van der Waals surface area contributed by atoms with Gasteiger partial charge in [-0.3, -0.25) is 0 Å². The van der Waals surface area contributed by atoms with Gasteiger partial charge in [0.1, 0.15) is 11.7 Å². The highest BCUT2D eigenvalue weighted by Gasteiger charge is 2.84. The van der Waals surface area contributed by atoms with Gasteiger partial charge in [-0.15, -0.1) is 0 Å². The molecular weight excluding hydrogens is 384 g/mol. The molecule has 30 heavy (non-hydrogen) atoms. The molecule has 0 radical (unpaired) electrons. The molecule has 1 aliphatic heterocycles. The van der Waals surface area contributed by atoms with Crippen LogP contribution in [0.15, 0.2) is 27.6 Å². The van der Waals surface area contributed by atoms with Gasteiger partial charge in [0.15, 0.2) is 0 Å². The first-order valence-electron chi connectivity index (χ1n) is 11.5. The summed E-state index contributed by atoms with van der Waals surface area (Å²) in [5.74, 6) is 0.488. The highest BCUT2D eigenvalue weighted by molar-refractivity contribution is 5.38. The number of ether oxygens (including phenoxy) is 1. The lowest BCUT2D eigenvalue weighted by molar-refractivity contribution is -0.224. The quantitative estimate of drug-likeness (QED) is 0.607. The second-order valence-electron chi connectivity index (χ2n) is 11.2. The normalized spacial score (nSPS) is 56.4. The van der Waals surface area contributed by atoms with E-state index < -0.39 is 17.8 Å². The molecule has 1 saturated heterocycles. The average Bonchev–Trinajstić information content (AvgIpc) is 3.41. The maximum Gasteiger partial charge on any atom is 0.335 e. The molecular formula is C24H32O6. The molecule has 5 aliphatic rings. The Labute approximate surface area is 176 Å². The van der Waals surface area contributed by atoms with E-state index >= 15 is 0 Å². The molecule has 0 amide bonds. The van der Waals surface area contributed by atoms with Gasteiger partial charge in [-0.05, 0) is 67.4 Å². The van der Waals surface area contributed by atoms with Crippen molar-refractivity contribution in [3.8, 4) is 0 Å². The summed E-state index contributed by atoms with van der Waals surface area (Å²) in [7, 11) is 0. The Hall–Kier alpha value is -1.21. The molecule has 164 valence electrons. The zero-order valence-electron chi connectivity index (χ0n) is 17.7. The van der Waals surface area contributed by atoms with Crippen LogP contribution in [-0.4, -0.2) is 44.8 Å². The van der Waals surface area contributed by atoms with Crippen molar-refractivity contribution < 1.29 is 24.5 Å². The van der Waals surface area contributed by atoms with Crippen LogP contribution in [0, 0.1) is 22.7 Å². The van der Waals surface area contributed by atoms with Crippen LogP contribution in [0.1, 0.15) is 70.3 Å². The van der Waals surface area contributed by atoms with Crippen LogP contribution in [-0.2, 0) is 4.74 Å². The number of hydrogen-bond donors (Lipinski definition) is 3. The predicted octanol–water partition coefficient (Wildman–Crippen LogP) is 2.34. The van der Waals surface area contributed by atoms with Crippen LogP contribution in [0.3, 0.4) is 0 Å². The third-order valence-corrected chi connectivity index (χ3v) is 10.3. The Bertz CT molecular complexity index is 923. The van der Waals surface area contributed by atoms with Crippen molar-refractivity contribution in [2.45, 2.75) is 94.2 Å². The van der Waals surface area contributed by atoms with E-state index in [1.807, 2.05) is 0 Å². The second-order valence-corrected chi connectivity index (χ2v) is 11.2. The molecule has 1 spiro atoms. The number of epoxide rings is 1. The van der Waals surface area contributed by atoms with Crippen LogP contribution < -0.4 is 5.63 Å². The van der Waals surface area contributed by atoms with Gasteiger partial charge in [0.2, 0.25) is 0 Å². The van der Waals surface area contributed by atoms with E-state index in [4.69, 9.17) is 9.15 Å². The second kappa shape index (κ2) is 5.77. The Kier molecular flexibility index (Phi) is 3.75. The van der Waals surface area contributed by atoms with Crippen LogP contribution in [0.2, 0.25) is 0 Å². The van der Waals surface area contributed by atoms with Crippen molar-refractivity contribution in [1.29, 1.82) is 0 Å². The summed E-state index contributed by atoms with van der Waals surface area (Å²) in [5.41, 5.74) is -1.17. The fourth-order valence-electron chi connectivity index (χ4n) is 8.81. The van der Waals surface area contributed by atoms with Gasteiger partial charge < -0.3 is 24.5 Å². The van der Waals surface area contributed by atoms with E-state index in [1.165, 1.54) is 12.3 Å². The zero-order valence-corrected chi connectivity index (χ0v) is 17.7.